The molecule has 2 heterocycles. The monoisotopic (exact) mass is 304 g/mol. The number of aryl methyl sites for hydroxylation is 1. The van der Waals surface area contributed by atoms with Gasteiger partial charge in [0.05, 0.1) is 18.0 Å². The highest BCUT2D eigenvalue weighted by Crippen LogP contribution is 2.22. The van der Waals surface area contributed by atoms with Gasteiger partial charge in [-0.3, -0.25) is 9.89 Å². The number of hydrogen-bond donors (Lipinski definition) is 2. The van der Waals surface area contributed by atoms with Crippen LogP contribution in [0.2, 0.25) is 0 Å². The standard InChI is InChI=1S/C16H24N4O2/c1-10(2)13-8-15(22-20-13)16(21)17-9-14-11-6-4-3-5-7-12(11)18-19-14/h10,15H,3-9H2,1-2H3,(H,17,21)(H,18,19)/t15-/m0/s1. The summed E-state index contributed by atoms with van der Waals surface area (Å²) in [5.74, 6) is 0.213. The van der Waals surface area contributed by atoms with Gasteiger partial charge < -0.3 is 10.2 Å². The number of hydrogen-bond acceptors (Lipinski definition) is 4. The molecular formula is C16H24N4O2. The van der Waals surface area contributed by atoms with E-state index in [1.54, 1.807) is 0 Å². The first-order valence-electron chi connectivity index (χ1n) is 8.20. The molecule has 0 fully saturated rings. The molecule has 0 bridgehead atoms. The Kier molecular flexibility index (Phi) is 4.45. The molecule has 0 saturated heterocycles. The van der Waals surface area contributed by atoms with Gasteiger partial charge in [0.25, 0.3) is 5.91 Å². The lowest BCUT2D eigenvalue weighted by atomic mass is 10.0. The first-order chi connectivity index (χ1) is 10.6. The lowest BCUT2D eigenvalue weighted by Gasteiger charge is -2.09. The van der Waals surface area contributed by atoms with Gasteiger partial charge in [0.1, 0.15) is 0 Å². The number of fused-ring (bicyclic) bond motifs is 1. The Labute approximate surface area is 130 Å². The molecular weight excluding hydrogens is 280 g/mol. The fraction of sp³-hybridized carbons (Fsp3) is 0.688. The molecule has 6 nitrogen and oxygen atoms in total. The Balaban J connectivity index is 1.55. The van der Waals surface area contributed by atoms with Gasteiger partial charge in [-0.15, -0.1) is 0 Å². The number of nitrogens with zero attached hydrogens (tertiary/aromatic N) is 2. The second-order valence-corrected chi connectivity index (χ2v) is 6.44. The number of aromatic nitrogens is 2. The molecule has 1 amide bonds. The van der Waals surface area contributed by atoms with Crippen LogP contribution in [0.1, 0.15) is 56.5 Å². The van der Waals surface area contributed by atoms with E-state index in [1.165, 1.54) is 30.5 Å². The van der Waals surface area contributed by atoms with Crippen molar-refractivity contribution in [1.29, 1.82) is 0 Å². The van der Waals surface area contributed by atoms with Crippen molar-refractivity contribution >= 4 is 11.6 Å². The maximum absolute atomic E-state index is 12.2. The van der Waals surface area contributed by atoms with Gasteiger partial charge in [0.15, 0.2) is 0 Å². The van der Waals surface area contributed by atoms with E-state index in [1.807, 2.05) is 0 Å². The number of carbonyl (C=O) groups is 1. The van der Waals surface area contributed by atoms with Crippen molar-refractivity contribution in [3.63, 3.8) is 0 Å². The number of carbonyl (C=O) groups excluding carboxylic acids is 1. The molecule has 0 unspecified atom stereocenters. The van der Waals surface area contributed by atoms with Crippen LogP contribution in [0.3, 0.4) is 0 Å². The van der Waals surface area contributed by atoms with Gasteiger partial charge in [-0.05, 0) is 37.2 Å². The average Bonchev–Trinajstić information content (AvgIpc) is 3.07. The van der Waals surface area contributed by atoms with Crippen molar-refractivity contribution in [2.45, 2.75) is 65.0 Å². The smallest absolute Gasteiger partial charge is 0.264 e. The molecule has 0 saturated carbocycles. The number of aromatic amines is 1. The van der Waals surface area contributed by atoms with Gasteiger partial charge >= 0.3 is 0 Å². The predicted molar refractivity (Wildman–Crippen MR) is 83.5 cm³/mol. The summed E-state index contributed by atoms with van der Waals surface area (Å²) in [7, 11) is 0. The summed E-state index contributed by atoms with van der Waals surface area (Å²) >= 11 is 0. The third kappa shape index (κ3) is 3.15. The molecule has 22 heavy (non-hydrogen) atoms. The maximum atomic E-state index is 12.2. The van der Waals surface area contributed by atoms with Crippen molar-refractivity contribution in [3.8, 4) is 0 Å². The summed E-state index contributed by atoms with van der Waals surface area (Å²) in [6.07, 6.45) is 5.89. The van der Waals surface area contributed by atoms with E-state index in [-0.39, 0.29) is 5.91 Å². The minimum Gasteiger partial charge on any atom is -0.382 e. The third-order valence-electron chi connectivity index (χ3n) is 4.47. The van der Waals surface area contributed by atoms with E-state index in [0.717, 1.165) is 24.2 Å². The van der Waals surface area contributed by atoms with Crippen LogP contribution in [0.25, 0.3) is 0 Å². The van der Waals surface area contributed by atoms with Crippen LogP contribution in [-0.2, 0) is 29.0 Å². The summed E-state index contributed by atoms with van der Waals surface area (Å²) in [5, 5.41) is 14.4. The normalized spacial score (nSPS) is 21.0. The molecule has 3 rings (SSSR count). The molecule has 1 aromatic rings. The maximum Gasteiger partial charge on any atom is 0.264 e. The molecule has 1 aliphatic carbocycles. The Morgan fingerprint density at radius 2 is 2.18 bits per heavy atom. The topological polar surface area (TPSA) is 79.4 Å². The van der Waals surface area contributed by atoms with Gasteiger partial charge in [0, 0.05) is 12.1 Å². The summed E-state index contributed by atoms with van der Waals surface area (Å²) in [4.78, 5) is 17.4. The zero-order chi connectivity index (χ0) is 15.5. The molecule has 120 valence electrons. The Hall–Kier alpha value is -1.85. The first kappa shape index (κ1) is 15.1. The Bertz CT molecular complexity index is 577. The predicted octanol–water partition coefficient (Wildman–Crippen LogP) is 2.10. The van der Waals surface area contributed by atoms with Crippen LogP contribution in [0.4, 0.5) is 0 Å². The minimum absolute atomic E-state index is 0.107. The summed E-state index contributed by atoms with van der Waals surface area (Å²) in [5.41, 5.74) is 4.45. The number of H-pyrrole nitrogens is 1. The van der Waals surface area contributed by atoms with Crippen molar-refractivity contribution in [2.75, 3.05) is 0 Å². The molecule has 6 heteroatoms. The van der Waals surface area contributed by atoms with E-state index in [2.05, 4.69) is 34.5 Å². The minimum atomic E-state index is -0.491. The highest BCUT2D eigenvalue weighted by Gasteiger charge is 2.29. The largest absolute Gasteiger partial charge is 0.382 e. The van der Waals surface area contributed by atoms with Gasteiger partial charge in [-0.25, -0.2) is 0 Å². The van der Waals surface area contributed by atoms with E-state index in [9.17, 15) is 4.79 Å². The Morgan fingerprint density at radius 3 is 2.95 bits per heavy atom. The van der Waals surface area contributed by atoms with Crippen molar-refractivity contribution in [2.24, 2.45) is 11.1 Å². The van der Waals surface area contributed by atoms with Crippen molar-refractivity contribution in [3.05, 3.63) is 17.0 Å². The second-order valence-electron chi connectivity index (χ2n) is 6.44. The molecule has 0 radical (unpaired) electrons. The number of amides is 1. The lowest BCUT2D eigenvalue weighted by molar-refractivity contribution is -0.131. The fourth-order valence-corrected chi connectivity index (χ4v) is 3.03. The van der Waals surface area contributed by atoms with E-state index >= 15 is 0 Å². The average molecular weight is 304 g/mol. The van der Waals surface area contributed by atoms with E-state index in [4.69, 9.17) is 4.84 Å². The summed E-state index contributed by atoms with van der Waals surface area (Å²) in [6.45, 7) is 4.57. The third-order valence-corrected chi connectivity index (χ3v) is 4.47. The number of rotatable bonds is 4. The van der Waals surface area contributed by atoms with Crippen LogP contribution in [-0.4, -0.2) is 27.9 Å². The zero-order valence-corrected chi connectivity index (χ0v) is 13.3. The van der Waals surface area contributed by atoms with Crippen molar-refractivity contribution < 1.29 is 9.63 Å². The molecule has 2 N–H and O–H groups in total. The molecule has 0 spiro atoms. The molecule has 0 aromatic carbocycles. The van der Waals surface area contributed by atoms with Gasteiger partial charge in [-0.1, -0.05) is 25.4 Å². The lowest BCUT2D eigenvalue weighted by Crippen LogP contribution is -2.34. The van der Waals surface area contributed by atoms with Crippen molar-refractivity contribution in [1.82, 2.24) is 15.5 Å². The van der Waals surface area contributed by atoms with Crippen LogP contribution in [0, 0.1) is 5.92 Å². The van der Waals surface area contributed by atoms with Crippen LogP contribution < -0.4 is 5.32 Å². The fourth-order valence-electron chi connectivity index (χ4n) is 3.03. The summed E-state index contributed by atoms with van der Waals surface area (Å²) in [6, 6.07) is 0. The number of oxime groups is 1. The van der Waals surface area contributed by atoms with Crippen LogP contribution >= 0.6 is 0 Å². The van der Waals surface area contributed by atoms with Crippen LogP contribution in [0.15, 0.2) is 5.16 Å². The van der Waals surface area contributed by atoms with Gasteiger partial charge in [0.2, 0.25) is 6.10 Å². The second kappa shape index (κ2) is 6.50. The van der Waals surface area contributed by atoms with Crippen LogP contribution in [0.5, 0.6) is 0 Å². The summed E-state index contributed by atoms with van der Waals surface area (Å²) < 4.78 is 0. The molecule has 1 atom stereocenters. The Morgan fingerprint density at radius 1 is 1.36 bits per heavy atom. The van der Waals surface area contributed by atoms with Gasteiger partial charge in [-0.2, -0.15) is 5.10 Å². The molecule has 2 aliphatic rings. The SMILES string of the molecule is CC(C)C1=NO[C@H](C(=O)NCc2n[nH]c3c2CCCCC3)C1. The van der Waals surface area contributed by atoms with E-state index < -0.39 is 6.10 Å². The first-order valence-corrected chi connectivity index (χ1v) is 8.20. The highest BCUT2D eigenvalue weighted by molar-refractivity contribution is 5.93. The quantitative estimate of drug-likeness (QED) is 0.836. The number of nitrogens with one attached hydrogen (secondary N) is 2. The zero-order valence-electron chi connectivity index (χ0n) is 13.3. The molecule has 1 aliphatic heterocycles. The molecule has 1 aromatic heterocycles. The van der Waals surface area contributed by atoms with E-state index in [0.29, 0.717) is 18.9 Å². The highest BCUT2D eigenvalue weighted by atomic mass is 16.6.